The number of oxazole rings is 1. The van der Waals surface area contributed by atoms with E-state index in [1.807, 2.05) is 6.07 Å². The minimum atomic E-state index is -0.273. The van der Waals surface area contributed by atoms with Crippen LogP contribution in [0.15, 0.2) is 41.1 Å². The van der Waals surface area contributed by atoms with Gasteiger partial charge in [-0.15, -0.1) is 0 Å². The SMILES string of the molecule is Cc1nc2cc(C(=O)NNc3nc4ccncc4s3)ccc2o1. The smallest absolute Gasteiger partial charge is 0.269 e. The van der Waals surface area contributed by atoms with Crippen LogP contribution < -0.4 is 10.9 Å². The van der Waals surface area contributed by atoms with Crippen LogP contribution in [0.3, 0.4) is 0 Å². The first-order valence-corrected chi connectivity index (χ1v) is 7.65. The summed E-state index contributed by atoms with van der Waals surface area (Å²) in [7, 11) is 0. The highest BCUT2D eigenvalue weighted by atomic mass is 32.1. The van der Waals surface area contributed by atoms with Crippen molar-refractivity contribution in [2.24, 2.45) is 0 Å². The molecule has 23 heavy (non-hydrogen) atoms. The van der Waals surface area contributed by atoms with E-state index in [1.54, 1.807) is 37.5 Å². The van der Waals surface area contributed by atoms with Crippen LogP contribution in [0.1, 0.15) is 16.2 Å². The monoisotopic (exact) mass is 325 g/mol. The lowest BCUT2D eigenvalue weighted by atomic mass is 10.2. The van der Waals surface area contributed by atoms with E-state index in [1.165, 1.54) is 11.3 Å². The number of aromatic nitrogens is 3. The molecule has 1 amide bonds. The topological polar surface area (TPSA) is 92.9 Å². The normalized spacial score (nSPS) is 11.0. The summed E-state index contributed by atoms with van der Waals surface area (Å²) in [6.07, 6.45) is 3.42. The van der Waals surface area contributed by atoms with Crippen LogP contribution in [0, 0.1) is 6.92 Å². The summed E-state index contributed by atoms with van der Waals surface area (Å²) in [6, 6.07) is 6.92. The lowest BCUT2D eigenvalue weighted by Gasteiger charge is -2.05. The summed E-state index contributed by atoms with van der Waals surface area (Å²) in [4.78, 5) is 24.8. The van der Waals surface area contributed by atoms with Crippen molar-refractivity contribution in [3.05, 3.63) is 48.1 Å². The Morgan fingerprint density at radius 3 is 3.00 bits per heavy atom. The molecule has 4 rings (SSSR count). The fourth-order valence-electron chi connectivity index (χ4n) is 2.20. The third-order valence-corrected chi connectivity index (χ3v) is 4.15. The van der Waals surface area contributed by atoms with Gasteiger partial charge in [0.15, 0.2) is 11.5 Å². The lowest BCUT2D eigenvalue weighted by Crippen LogP contribution is -2.29. The predicted molar refractivity (Wildman–Crippen MR) is 87.2 cm³/mol. The Kier molecular flexibility index (Phi) is 3.16. The van der Waals surface area contributed by atoms with Crippen molar-refractivity contribution in [1.82, 2.24) is 20.4 Å². The summed E-state index contributed by atoms with van der Waals surface area (Å²) >= 11 is 1.41. The van der Waals surface area contributed by atoms with Gasteiger partial charge >= 0.3 is 0 Å². The molecule has 0 aliphatic heterocycles. The predicted octanol–water partition coefficient (Wildman–Crippen LogP) is 2.90. The van der Waals surface area contributed by atoms with Crippen LogP contribution in [0.2, 0.25) is 0 Å². The van der Waals surface area contributed by atoms with Crippen LogP contribution >= 0.6 is 11.3 Å². The molecular weight excluding hydrogens is 314 g/mol. The molecule has 0 aliphatic carbocycles. The zero-order valence-electron chi connectivity index (χ0n) is 12.0. The maximum absolute atomic E-state index is 12.2. The highest BCUT2D eigenvalue weighted by Gasteiger charge is 2.10. The summed E-state index contributed by atoms with van der Waals surface area (Å²) < 4.78 is 6.34. The van der Waals surface area contributed by atoms with Gasteiger partial charge in [0.25, 0.3) is 5.91 Å². The van der Waals surface area contributed by atoms with Gasteiger partial charge in [-0.1, -0.05) is 11.3 Å². The van der Waals surface area contributed by atoms with Gasteiger partial charge in [-0.25, -0.2) is 9.97 Å². The average molecular weight is 325 g/mol. The van der Waals surface area contributed by atoms with Crippen LogP contribution in [-0.4, -0.2) is 20.9 Å². The van der Waals surface area contributed by atoms with Crippen molar-refractivity contribution in [2.45, 2.75) is 6.92 Å². The number of benzene rings is 1. The lowest BCUT2D eigenvalue weighted by molar-refractivity contribution is 0.0963. The highest BCUT2D eigenvalue weighted by molar-refractivity contribution is 7.22. The summed E-state index contributed by atoms with van der Waals surface area (Å²) in [5.74, 6) is 0.295. The molecule has 4 aromatic rings. The van der Waals surface area contributed by atoms with Gasteiger partial charge in [-0.05, 0) is 24.3 Å². The van der Waals surface area contributed by atoms with Gasteiger partial charge in [-0.2, -0.15) is 0 Å². The number of pyridine rings is 1. The number of hydrogen-bond donors (Lipinski definition) is 2. The van der Waals surface area contributed by atoms with E-state index in [-0.39, 0.29) is 5.91 Å². The van der Waals surface area contributed by atoms with Crippen LogP contribution in [0.4, 0.5) is 5.13 Å². The van der Waals surface area contributed by atoms with E-state index in [4.69, 9.17) is 4.42 Å². The number of anilines is 1. The number of fused-ring (bicyclic) bond motifs is 2. The fraction of sp³-hybridized carbons (Fsp3) is 0.0667. The third kappa shape index (κ3) is 2.59. The van der Waals surface area contributed by atoms with E-state index in [2.05, 4.69) is 25.8 Å². The molecule has 0 saturated carbocycles. The second-order valence-electron chi connectivity index (χ2n) is 4.86. The number of rotatable bonds is 3. The first-order chi connectivity index (χ1) is 11.2. The van der Waals surface area contributed by atoms with Crippen molar-refractivity contribution >= 4 is 43.7 Å². The van der Waals surface area contributed by atoms with Crippen LogP contribution in [0.5, 0.6) is 0 Å². The Labute approximate surface area is 134 Å². The van der Waals surface area contributed by atoms with Gasteiger partial charge in [0.1, 0.15) is 5.52 Å². The number of thiazole rings is 1. The number of nitrogens with zero attached hydrogens (tertiary/aromatic N) is 3. The van der Waals surface area contributed by atoms with Gasteiger partial charge in [-0.3, -0.25) is 20.6 Å². The van der Waals surface area contributed by atoms with Crippen molar-refractivity contribution < 1.29 is 9.21 Å². The second kappa shape index (κ2) is 5.33. The van der Waals surface area contributed by atoms with E-state index >= 15 is 0 Å². The second-order valence-corrected chi connectivity index (χ2v) is 5.89. The molecule has 0 aliphatic rings. The number of amides is 1. The van der Waals surface area contributed by atoms with Gasteiger partial charge in [0, 0.05) is 24.9 Å². The molecule has 0 radical (unpaired) electrons. The molecule has 3 aromatic heterocycles. The maximum Gasteiger partial charge on any atom is 0.269 e. The molecule has 1 aromatic carbocycles. The van der Waals surface area contributed by atoms with E-state index in [0.717, 1.165) is 10.2 Å². The standard InChI is InChI=1S/C15H11N5O2S/c1-8-17-11-6-9(2-3-12(11)22-8)14(21)19-20-15-18-10-4-5-16-7-13(10)23-15/h2-7H,1H3,(H,18,20)(H,19,21). The van der Waals surface area contributed by atoms with Crippen LogP contribution in [-0.2, 0) is 0 Å². The summed E-state index contributed by atoms with van der Waals surface area (Å²) in [5.41, 5.74) is 8.08. The molecular formula is C15H11N5O2S. The fourth-order valence-corrected chi connectivity index (χ4v) is 2.99. The third-order valence-electron chi connectivity index (χ3n) is 3.23. The molecule has 3 heterocycles. The number of aryl methyl sites for hydroxylation is 1. The molecule has 0 fully saturated rings. The van der Waals surface area contributed by atoms with Crippen molar-refractivity contribution in [3.8, 4) is 0 Å². The van der Waals surface area contributed by atoms with Gasteiger partial charge < -0.3 is 4.42 Å². The average Bonchev–Trinajstić information content (AvgIpc) is 3.13. The number of carbonyl (C=O) groups excluding carboxylic acids is 1. The molecule has 8 heteroatoms. The van der Waals surface area contributed by atoms with E-state index < -0.39 is 0 Å². The summed E-state index contributed by atoms with van der Waals surface area (Å²) in [6.45, 7) is 1.77. The zero-order chi connectivity index (χ0) is 15.8. The molecule has 7 nitrogen and oxygen atoms in total. The molecule has 0 spiro atoms. The van der Waals surface area contributed by atoms with Gasteiger partial charge in [0.05, 0.1) is 10.2 Å². The number of hydrazine groups is 1. The largest absolute Gasteiger partial charge is 0.441 e. The van der Waals surface area contributed by atoms with Crippen molar-refractivity contribution in [1.29, 1.82) is 0 Å². The Hall–Kier alpha value is -3.00. The van der Waals surface area contributed by atoms with E-state index in [9.17, 15) is 4.79 Å². The molecule has 2 N–H and O–H groups in total. The molecule has 0 atom stereocenters. The quantitative estimate of drug-likeness (QED) is 0.563. The van der Waals surface area contributed by atoms with Gasteiger partial charge in [0.2, 0.25) is 5.13 Å². The minimum Gasteiger partial charge on any atom is -0.441 e. The number of carbonyl (C=O) groups is 1. The van der Waals surface area contributed by atoms with Crippen LogP contribution in [0.25, 0.3) is 21.3 Å². The maximum atomic E-state index is 12.2. The minimum absolute atomic E-state index is 0.273. The Bertz CT molecular complexity index is 990. The first kappa shape index (κ1) is 13.6. The highest BCUT2D eigenvalue weighted by Crippen LogP contribution is 2.24. The zero-order valence-corrected chi connectivity index (χ0v) is 12.8. The Balaban J connectivity index is 1.51. The Morgan fingerprint density at radius 2 is 2.13 bits per heavy atom. The number of hydrogen-bond acceptors (Lipinski definition) is 7. The molecule has 0 bridgehead atoms. The number of nitrogens with one attached hydrogen (secondary N) is 2. The van der Waals surface area contributed by atoms with Crippen molar-refractivity contribution in [3.63, 3.8) is 0 Å². The van der Waals surface area contributed by atoms with Crippen molar-refractivity contribution in [2.75, 3.05) is 5.43 Å². The summed E-state index contributed by atoms with van der Waals surface area (Å²) in [5, 5.41) is 0.597. The Morgan fingerprint density at radius 1 is 1.22 bits per heavy atom. The first-order valence-electron chi connectivity index (χ1n) is 6.83. The molecule has 114 valence electrons. The van der Waals surface area contributed by atoms with E-state index in [0.29, 0.717) is 27.7 Å². The molecule has 0 saturated heterocycles. The molecule has 0 unspecified atom stereocenters.